The van der Waals surface area contributed by atoms with E-state index < -0.39 is 6.61 Å². The van der Waals surface area contributed by atoms with E-state index in [2.05, 4.69) is 20.3 Å². The van der Waals surface area contributed by atoms with Crippen LogP contribution in [0.15, 0.2) is 18.2 Å². The van der Waals surface area contributed by atoms with Crippen molar-refractivity contribution >= 4 is 23.3 Å². The molecule has 1 aliphatic carbocycles. The van der Waals surface area contributed by atoms with Crippen molar-refractivity contribution in [2.45, 2.75) is 44.4 Å². The Morgan fingerprint density at radius 1 is 1.25 bits per heavy atom. The first-order valence-corrected chi connectivity index (χ1v) is 8.45. The molecule has 0 radical (unpaired) electrons. The Kier molecular flexibility index (Phi) is 5.40. The molecular formula is C16H20ClF2N3O2. The quantitative estimate of drug-likeness (QED) is 0.843. The molecule has 0 spiro atoms. The SMILES string of the molecule is O=C(Nc1ccc(OC(F)F)c(Cl)c1)NC1CCN(C2CC2)CC1. The lowest BCUT2D eigenvalue weighted by molar-refractivity contribution is -0.0497. The number of likely N-dealkylation sites (tertiary alicyclic amines) is 1. The summed E-state index contributed by atoms with van der Waals surface area (Å²) in [6.45, 7) is -0.909. The summed E-state index contributed by atoms with van der Waals surface area (Å²) in [7, 11) is 0. The normalized spacial score (nSPS) is 19.3. The molecule has 0 aromatic heterocycles. The number of amides is 2. The monoisotopic (exact) mass is 359 g/mol. The molecule has 1 aromatic carbocycles. The van der Waals surface area contributed by atoms with E-state index in [1.807, 2.05) is 0 Å². The van der Waals surface area contributed by atoms with Crippen LogP contribution in [0.3, 0.4) is 0 Å². The second-order valence-corrected chi connectivity index (χ2v) is 6.57. The van der Waals surface area contributed by atoms with Crippen LogP contribution in [0.2, 0.25) is 5.02 Å². The third-order valence-electron chi connectivity index (χ3n) is 4.33. The Balaban J connectivity index is 1.47. The van der Waals surface area contributed by atoms with Gasteiger partial charge in [-0.25, -0.2) is 4.79 Å². The molecule has 1 saturated heterocycles. The third kappa shape index (κ3) is 4.70. The van der Waals surface area contributed by atoms with Crippen LogP contribution < -0.4 is 15.4 Å². The zero-order valence-electron chi connectivity index (χ0n) is 13.1. The summed E-state index contributed by atoms with van der Waals surface area (Å²) >= 11 is 5.86. The van der Waals surface area contributed by atoms with Gasteiger partial charge < -0.3 is 20.3 Å². The Morgan fingerprint density at radius 2 is 1.96 bits per heavy atom. The van der Waals surface area contributed by atoms with Gasteiger partial charge in [-0.05, 0) is 43.9 Å². The first-order valence-electron chi connectivity index (χ1n) is 8.07. The lowest BCUT2D eigenvalue weighted by Gasteiger charge is -2.32. The third-order valence-corrected chi connectivity index (χ3v) is 4.63. The van der Waals surface area contributed by atoms with E-state index in [4.69, 9.17) is 11.6 Å². The van der Waals surface area contributed by atoms with E-state index in [9.17, 15) is 13.6 Å². The molecule has 8 heteroatoms. The molecule has 2 N–H and O–H groups in total. The highest BCUT2D eigenvalue weighted by molar-refractivity contribution is 6.32. The number of ether oxygens (including phenoxy) is 1. The molecule has 2 amide bonds. The highest BCUT2D eigenvalue weighted by Gasteiger charge is 2.32. The van der Waals surface area contributed by atoms with Crippen molar-refractivity contribution < 1.29 is 18.3 Å². The van der Waals surface area contributed by atoms with Gasteiger partial charge in [0.25, 0.3) is 0 Å². The number of hydrogen-bond acceptors (Lipinski definition) is 3. The van der Waals surface area contributed by atoms with Crippen LogP contribution in [0.25, 0.3) is 0 Å². The number of hydrogen-bond donors (Lipinski definition) is 2. The van der Waals surface area contributed by atoms with Gasteiger partial charge in [0, 0.05) is 30.9 Å². The van der Waals surface area contributed by atoms with Crippen LogP contribution in [0.5, 0.6) is 5.75 Å². The number of nitrogens with one attached hydrogen (secondary N) is 2. The van der Waals surface area contributed by atoms with Crippen LogP contribution in [-0.2, 0) is 0 Å². The number of urea groups is 1. The van der Waals surface area contributed by atoms with Gasteiger partial charge in [0.15, 0.2) is 0 Å². The molecular weight excluding hydrogens is 340 g/mol. The van der Waals surface area contributed by atoms with E-state index in [0.29, 0.717) is 5.69 Å². The van der Waals surface area contributed by atoms with Crippen molar-refractivity contribution in [2.24, 2.45) is 0 Å². The van der Waals surface area contributed by atoms with Crippen LogP contribution >= 0.6 is 11.6 Å². The first kappa shape index (κ1) is 17.2. The lowest BCUT2D eigenvalue weighted by Crippen LogP contribution is -2.46. The Bertz CT molecular complexity index is 591. The molecule has 0 bridgehead atoms. The zero-order chi connectivity index (χ0) is 17.1. The second kappa shape index (κ2) is 7.53. The van der Waals surface area contributed by atoms with Crippen molar-refractivity contribution in [1.29, 1.82) is 0 Å². The molecule has 2 fully saturated rings. The van der Waals surface area contributed by atoms with Gasteiger partial charge in [-0.3, -0.25) is 0 Å². The molecule has 1 saturated carbocycles. The Hall–Kier alpha value is -1.60. The Labute approximate surface area is 144 Å². The van der Waals surface area contributed by atoms with E-state index >= 15 is 0 Å². The van der Waals surface area contributed by atoms with Crippen LogP contribution in [-0.4, -0.2) is 42.7 Å². The lowest BCUT2D eigenvalue weighted by atomic mass is 10.1. The molecule has 3 rings (SSSR count). The number of carbonyl (C=O) groups is 1. The van der Waals surface area contributed by atoms with Crippen molar-refractivity contribution in [3.63, 3.8) is 0 Å². The van der Waals surface area contributed by atoms with Gasteiger partial charge in [-0.15, -0.1) is 0 Å². The van der Waals surface area contributed by atoms with Crippen molar-refractivity contribution in [2.75, 3.05) is 18.4 Å². The number of halogens is 3. The van der Waals surface area contributed by atoms with E-state index in [1.54, 1.807) is 0 Å². The van der Waals surface area contributed by atoms with E-state index in [-0.39, 0.29) is 22.8 Å². The summed E-state index contributed by atoms with van der Waals surface area (Å²) in [5.41, 5.74) is 0.425. The maximum Gasteiger partial charge on any atom is 0.387 e. The summed E-state index contributed by atoms with van der Waals surface area (Å²) in [4.78, 5) is 14.5. The fourth-order valence-corrected chi connectivity index (χ4v) is 3.20. The maximum atomic E-state index is 12.2. The molecule has 1 aliphatic heterocycles. The summed E-state index contributed by atoms with van der Waals surface area (Å²) < 4.78 is 28.6. The smallest absolute Gasteiger partial charge is 0.387 e. The van der Waals surface area contributed by atoms with Gasteiger partial charge in [0.1, 0.15) is 5.75 Å². The largest absolute Gasteiger partial charge is 0.433 e. The maximum absolute atomic E-state index is 12.2. The zero-order valence-corrected chi connectivity index (χ0v) is 13.9. The highest BCUT2D eigenvalue weighted by atomic mass is 35.5. The summed E-state index contributed by atoms with van der Waals surface area (Å²) in [5, 5.41) is 5.63. The van der Waals surface area contributed by atoms with Crippen molar-refractivity contribution in [3.05, 3.63) is 23.2 Å². The molecule has 132 valence electrons. The number of nitrogens with zero attached hydrogens (tertiary/aromatic N) is 1. The number of carbonyl (C=O) groups excluding carboxylic acids is 1. The first-order chi connectivity index (χ1) is 11.5. The number of anilines is 1. The fourth-order valence-electron chi connectivity index (χ4n) is 2.97. The predicted molar refractivity (Wildman–Crippen MR) is 87.9 cm³/mol. The predicted octanol–water partition coefficient (Wildman–Crippen LogP) is 3.69. The molecule has 24 heavy (non-hydrogen) atoms. The molecule has 1 aromatic rings. The van der Waals surface area contributed by atoms with Gasteiger partial charge >= 0.3 is 12.6 Å². The van der Waals surface area contributed by atoms with E-state index in [0.717, 1.165) is 32.0 Å². The molecule has 0 atom stereocenters. The van der Waals surface area contributed by atoms with Crippen molar-refractivity contribution in [3.8, 4) is 5.75 Å². The highest BCUT2D eigenvalue weighted by Crippen LogP contribution is 2.30. The van der Waals surface area contributed by atoms with Crippen LogP contribution in [0, 0.1) is 0 Å². The minimum Gasteiger partial charge on any atom is -0.433 e. The number of piperidine rings is 1. The van der Waals surface area contributed by atoms with Crippen LogP contribution in [0.4, 0.5) is 19.3 Å². The number of rotatable bonds is 5. The summed E-state index contributed by atoms with van der Waals surface area (Å²) in [6, 6.07) is 4.75. The fraction of sp³-hybridized carbons (Fsp3) is 0.562. The van der Waals surface area contributed by atoms with E-state index in [1.165, 1.54) is 31.0 Å². The van der Waals surface area contributed by atoms with Crippen molar-refractivity contribution in [1.82, 2.24) is 10.2 Å². The molecule has 0 unspecified atom stereocenters. The number of alkyl halides is 2. The molecule has 5 nitrogen and oxygen atoms in total. The van der Waals surface area contributed by atoms with Gasteiger partial charge in [-0.1, -0.05) is 11.6 Å². The van der Waals surface area contributed by atoms with Gasteiger partial charge in [0.05, 0.1) is 5.02 Å². The molecule has 2 aliphatic rings. The average molecular weight is 360 g/mol. The Morgan fingerprint density at radius 3 is 2.54 bits per heavy atom. The minimum atomic E-state index is -2.94. The average Bonchev–Trinajstić information content (AvgIpc) is 3.35. The van der Waals surface area contributed by atoms with Crippen LogP contribution in [0.1, 0.15) is 25.7 Å². The topological polar surface area (TPSA) is 53.6 Å². The van der Waals surface area contributed by atoms with Gasteiger partial charge in [0.2, 0.25) is 0 Å². The molecule has 1 heterocycles. The summed E-state index contributed by atoms with van der Waals surface area (Å²) in [5.74, 6) is -0.120. The van der Waals surface area contributed by atoms with Gasteiger partial charge in [-0.2, -0.15) is 8.78 Å². The standard InChI is InChI=1S/C16H20ClF2N3O2/c17-13-9-11(1-4-14(13)24-15(18)19)21-16(23)20-10-5-7-22(8-6-10)12-2-3-12/h1,4,9-10,12,15H,2-3,5-8H2,(H2,20,21,23). The minimum absolute atomic E-state index is 0.0193. The second-order valence-electron chi connectivity index (χ2n) is 6.16. The number of benzene rings is 1. The summed E-state index contributed by atoms with van der Waals surface area (Å²) in [6.07, 6.45) is 4.47.